The molecule has 0 aliphatic carbocycles. The maximum Gasteiger partial charge on any atom is 0.0420 e. The minimum Gasteiger partial charge on any atom is -0.316 e. The van der Waals surface area contributed by atoms with Crippen LogP contribution >= 0.6 is 15.9 Å². The smallest absolute Gasteiger partial charge is 0.0420 e. The molecule has 2 nitrogen and oxygen atoms in total. The molecule has 1 aromatic carbocycles. The molecule has 0 saturated heterocycles. The van der Waals surface area contributed by atoms with E-state index in [1.165, 1.54) is 5.56 Å². The number of halogens is 1. The molecule has 2 atom stereocenters. The third-order valence-electron chi connectivity index (χ3n) is 3.74. The van der Waals surface area contributed by atoms with Gasteiger partial charge in [-0.25, -0.2) is 0 Å². The molecule has 2 unspecified atom stereocenters. The van der Waals surface area contributed by atoms with Crippen molar-refractivity contribution in [2.75, 3.05) is 7.05 Å². The standard InChI is InChI=1S/C17H21BrN2/c1-3-16(13-7-5-4-6-8-13)17(19-2)11-15-10-9-14(18)12-20-15/h4-10,12,16-17,19H,3,11H2,1-2H3. The van der Waals surface area contributed by atoms with Gasteiger partial charge in [-0.3, -0.25) is 4.98 Å². The minimum atomic E-state index is 0.399. The van der Waals surface area contributed by atoms with Gasteiger partial charge in [-0.2, -0.15) is 0 Å². The van der Waals surface area contributed by atoms with Crippen LogP contribution in [0.15, 0.2) is 53.1 Å². The van der Waals surface area contributed by atoms with Gasteiger partial charge >= 0.3 is 0 Å². The molecule has 0 aliphatic rings. The zero-order valence-electron chi connectivity index (χ0n) is 12.0. The predicted octanol–water partition coefficient (Wildman–Crippen LogP) is 4.17. The lowest BCUT2D eigenvalue weighted by Crippen LogP contribution is -2.34. The first-order chi connectivity index (χ1) is 9.74. The summed E-state index contributed by atoms with van der Waals surface area (Å²) >= 11 is 3.43. The van der Waals surface area contributed by atoms with E-state index >= 15 is 0 Å². The summed E-state index contributed by atoms with van der Waals surface area (Å²) in [5.41, 5.74) is 2.52. The summed E-state index contributed by atoms with van der Waals surface area (Å²) in [7, 11) is 2.04. The van der Waals surface area contributed by atoms with E-state index in [1.54, 1.807) is 0 Å². The lowest BCUT2D eigenvalue weighted by atomic mass is 9.86. The van der Waals surface area contributed by atoms with Gasteiger partial charge in [-0.1, -0.05) is 37.3 Å². The number of hydrogen-bond acceptors (Lipinski definition) is 2. The number of nitrogens with zero attached hydrogens (tertiary/aromatic N) is 1. The first kappa shape index (κ1) is 15.2. The molecule has 1 heterocycles. The van der Waals surface area contributed by atoms with Crippen LogP contribution in [0.4, 0.5) is 0 Å². The third kappa shape index (κ3) is 3.90. The molecule has 106 valence electrons. The summed E-state index contributed by atoms with van der Waals surface area (Å²) in [6, 6.07) is 15.3. The Morgan fingerprint density at radius 2 is 1.90 bits per heavy atom. The molecule has 0 spiro atoms. The molecule has 0 saturated carbocycles. The highest BCUT2D eigenvalue weighted by molar-refractivity contribution is 9.10. The highest BCUT2D eigenvalue weighted by Crippen LogP contribution is 2.25. The Morgan fingerprint density at radius 3 is 2.45 bits per heavy atom. The molecule has 1 aromatic heterocycles. The van der Waals surface area contributed by atoms with Crippen molar-refractivity contribution in [2.45, 2.75) is 31.7 Å². The van der Waals surface area contributed by atoms with Crippen molar-refractivity contribution in [1.29, 1.82) is 0 Å². The molecule has 0 amide bonds. The highest BCUT2D eigenvalue weighted by atomic mass is 79.9. The fraction of sp³-hybridized carbons (Fsp3) is 0.353. The quantitative estimate of drug-likeness (QED) is 0.858. The van der Waals surface area contributed by atoms with Gasteiger partial charge in [0.2, 0.25) is 0 Å². The van der Waals surface area contributed by atoms with Crippen molar-refractivity contribution in [3.8, 4) is 0 Å². The van der Waals surface area contributed by atoms with E-state index < -0.39 is 0 Å². The second kappa shape index (κ2) is 7.55. The summed E-state index contributed by atoms with van der Waals surface area (Å²) in [5.74, 6) is 0.506. The summed E-state index contributed by atoms with van der Waals surface area (Å²) in [6.07, 6.45) is 3.93. The summed E-state index contributed by atoms with van der Waals surface area (Å²) in [6.45, 7) is 2.25. The lowest BCUT2D eigenvalue weighted by Gasteiger charge is -2.26. The Balaban J connectivity index is 2.15. The van der Waals surface area contributed by atoms with E-state index in [-0.39, 0.29) is 0 Å². The molecule has 1 N–H and O–H groups in total. The predicted molar refractivity (Wildman–Crippen MR) is 88.0 cm³/mol. The third-order valence-corrected chi connectivity index (χ3v) is 4.21. The Bertz CT molecular complexity index is 510. The number of aromatic nitrogens is 1. The van der Waals surface area contributed by atoms with Gasteiger partial charge in [0.25, 0.3) is 0 Å². The Hall–Kier alpha value is -1.19. The molecular weight excluding hydrogens is 312 g/mol. The maximum absolute atomic E-state index is 4.49. The van der Waals surface area contributed by atoms with Crippen molar-refractivity contribution >= 4 is 15.9 Å². The van der Waals surface area contributed by atoms with Crippen LogP contribution in [-0.4, -0.2) is 18.1 Å². The van der Waals surface area contributed by atoms with Crippen LogP contribution < -0.4 is 5.32 Å². The maximum atomic E-state index is 4.49. The zero-order chi connectivity index (χ0) is 14.4. The summed E-state index contributed by atoms with van der Waals surface area (Å²) in [4.78, 5) is 4.49. The zero-order valence-corrected chi connectivity index (χ0v) is 13.6. The van der Waals surface area contributed by atoms with Gasteiger partial charge in [0, 0.05) is 28.8 Å². The van der Waals surface area contributed by atoms with Crippen LogP contribution in [0.2, 0.25) is 0 Å². The van der Waals surface area contributed by atoms with E-state index in [2.05, 4.69) is 75.6 Å². The average Bonchev–Trinajstić information content (AvgIpc) is 2.50. The molecular formula is C17H21BrN2. The fourth-order valence-electron chi connectivity index (χ4n) is 2.65. The van der Waals surface area contributed by atoms with E-state index in [9.17, 15) is 0 Å². The van der Waals surface area contributed by atoms with E-state index in [1.807, 2.05) is 13.2 Å². The summed E-state index contributed by atoms with van der Waals surface area (Å²) < 4.78 is 1.03. The fourth-order valence-corrected chi connectivity index (χ4v) is 2.89. The van der Waals surface area contributed by atoms with Crippen molar-refractivity contribution in [3.05, 3.63) is 64.4 Å². The number of benzene rings is 1. The van der Waals surface area contributed by atoms with Crippen molar-refractivity contribution < 1.29 is 0 Å². The molecule has 0 radical (unpaired) electrons. The van der Waals surface area contributed by atoms with Crippen LogP contribution in [0.5, 0.6) is 0 Å². The van der Waals surface area contributed by atoms with Gasteiger partial charge < -0.3 is 5.32 Å². The molecule has 0 aliphatic heterocycles. The normalized spacial score (nSPS) is 13.9. The number of pyridine rings is 1. The Labute approximate surface area is 129 Å². The van der Waals surface area contributed by atoms with Gasteiger partial charge in [0.15, 0.2) is 0 Å². The van der Waals surface area contributed by atoms with Gasteiger partial charge in [-0.15, -0.1) is 0 Å². The Morgan fingerprint density at radius 1 is 1.15 bits per heavy atom. The molecule has 3 heteroatoms. The number of rotatable bonds is 6. The second-order valence-electron chi connectivity index (χ2n) is 4.99. The molecule has 20 heavy (non-hydrogen) atoms. The Kier molecular flexibility index (Phi) is 5.74. The highest BCUT2D eigenvalue weighted by Gasteiger charge is 2.20. The van der Waals surface area contributed by atoms with Gasteiger partial charge in [-0.05, 0) is 53.0 Å². The molecule has 2 aromatic rings. The number of nitrogens with one attached hydrogen (secondary N) is 1. The van der Waals surface area contributed by atoms with Crippen molar-refractivity contribution in [2.24, 2.45) is 0 Å². The van der Waals surface area contributed by atoms with Crippen LogP contribution in [0.1, 0.15) is 30.5 Å². The first-order valence-electron chi connectivity index (χ1n) is 7.07. The number of hydrogen-bond donors (Lipinski definition) is 1. The number of likely N-dealkylation sites (N-methyl/N-ethyl adjacent to an activating group) is 1. The van der Waals surface area contributed by atoms with Crippen molar-refractivity contribution in [1.82, 2.24) is 10.3 Å². The van der Waals surface area contributed by atoms with Crippen LogP contribution in [0, 0.1) is 0 Å². The summed E-state index contributed by atoms with van der Waals surface area (Å²) in [5, 5.41) is 3.46. The second-order valence-corrected chi connectivity index (χ2v) is 5.91. The monoisotopic (exact) mass is 332 g/mol. The van der Waals surface area contributed by atoms with E-state index in [4.69, 9.17) is 0 Å². The van der Waals surface area contributed by atoms with Crippen molar-refractivity contribution in [3.63, 3.8) is 0 Å². The van der Waals surface area contributed by atoms with E-state index in [0.717, 1.165) is 23.0 Å². The molecule has 0 fully saturated rings. The van der Waals surface area contributed by atoms with Crippen LogP contribution in [-0.2, 0) is 6.42 Å². The average molecular weight is 333 g/mol. The largest absolute Gasteiger partial charge is 0.316 e. The first-order valence-corrected chi connectivity index (χ1v) is 7.86. The lowest BCUT2D eigenvalue weighted by molar-refractivity contribution is 0.445. The van der Waals surface area contributed by atoms with Crippen LogP contribution in [0.25, 0.3) is 0 Å². The molecule has 2 rings (SSSR count). The van der Waals surface area contributed by atoms with Crippen LogP contribution in [0.3, 0.4) is 0 Å². The SMILES string of the molecule is CCC(c1ccccc1)C(Cc1ccc(Br)cn1)NC. The van der Waals surface area contributed by atoms with E-state index in [0.29, 0.717) is 12.0 Å². The molecule has 0 bridgehead atoms. The minimum absolute atomic E-state index is 0.399. The topological polar surface area (TPSA) is 24.9 Å². The van der Waals surface area contributed by atoms with Gasteiger partial charge in [0.1, 0.15) is 0 Å². The van der Waals surface area contributed by atoms with Gasteiger partial charge in [0.05, 0.1) is 0 Å².